The Morgan fingerprint density at radius 3 is 2.53 bits per heavy atom. The summed E-state index contributed by atoms with van der Waals surface area (Å²) in [6.45, 7) is 8.99. The van der Waals surface area contributed by atoms with Crippen LogP contribution in [0.3, 0.4) is 0 Å². The number of nitrogens with zero attached hydrogens (tertiary/aromatic N) is 5. The Morgan fingerprint density at radius 1 is 0.912 bits per heavy atom. The lowest BCUT2D eigenvalue weighted by atomic mass is 10.1. The van der Waals surface area contributed by atoms with Gasteiger partial charge in [0, 0.05) is 45.0 Å². The predicted octanol–water partition coefficient (Wildman–Crippen LogP) is 4.27. The summed E-state index contributed by atoms with van der Waals surface area (Å²) in [7, 11) is 1.82. The molecule has 1 saturated heterocycles. The van der Waals surface area contributed by atoms with E-state index in [2.05, 4.69) is 46.7 Å². The van der Waals surface area contributed by atoms with Gasteiger partial charge in [0.25, 0.3) is 5.56 Å². The number of anilines is 1. The zero-order chi connectivity index (χ0) is 23.5. The smallest absolute Gasteiger partial charge is 0.261 e. The number of aromatic nitrogens is 3. The molecule has 1 fully saturated rings. The molecule has 2 aromatic heterocycles. The van der Waals surface area contributed by atoms with Gasteiger partial charge in [-0.3, -0.25) is 14.3 Å². The van der Waals surface area contributed by atoms with Crippen LogP contribution in [0.4, 0.5) is 5.82 Å². The molecule has 6 nitrogen and oxygen atoms in total. The minimum atomic E-state index is 0.00826. The van der Waals surface area contributed by atoms with Crippen LogP contribution in [0.1, 0.15) is 24.2 Å². The third-order valence-electron chi connectivity index (χ3n) is 6.85. The standard InChI is InChI=1S/C28H31N5O/c1-3-21-10-8-12-24-27(21)28(34)31(2)25(30-24)13-6-7-16-32-17-19-33(20-18-32)26-15-14-22-9-4-5-11-23(22)29-26/h3-5,8-12,14-15H,1,6-7,13,16-20H2,2H3. The summed E-state index contributed by atoms with van der Waals surface area (Å²) in [6, 6.07) is 18.3. The quantitative estimate of drug-likeness (QED) is 0.391. The zero-order valence-electron chi connectivity index (χ0n) is 19.8. The zero-order valence-corrected chi connectivity index (χ0v) is 19.8. The molecule has 1 aliphatic rings. The second-order valence-corrected chi connectivity index (χ2v) is 8.99. The van der Waals surface area contributed by atoms with Gasteiger partial charge >= 0.3 is 0 Å². The highest BCUT2D eigenvalue weighted by molar-refractivity contribution is 5.86. The largest absolute Gasteiger partial charge is 0.354 e. The fourth-order valence-corrected chi connectivity index (χ4v) is 4.83. The number of benzene rings is 2. The van der Waals surface area contributed by atoms with E-state index >= 15 is 0 Å². The second-order valence-electron chi connectivity index (χ2n) is 8.99. The number of piperazine rings is 1. The Bertz CT molecular complexity index is 1380. The molecule has 0 aliphatic carbocycles. The molecule has 34 heavy (non-hydrogen) atoms. The van der Waals surface area contributed by atoms with Crippen molar-refractivity contribution in [3.05, 3.63) is 82.9 Å². The second kappa shape index (κ2) is 9.77. The predicted molar refractivity (Wildman–Crippen MR) is 140 cm³/mol. The maximum Gasteiger partial charge on any atom is 0.261 e. The van der Waals surface area contributed by atoms with Crippen molar-refractivity contribution in [1.82, 2.24) is 19.4 Å². The van der Waals surface area contributed by atoms with Gasteiger partial charge in [0.1, 0.15) is 11.6 Å². The first kappa shape index (κ1) is 22.3. The number of unbranched alkanes of at least 4 members (excludes halogenated alkanes) is 1. The van der Waals surface area contributed by atoms with E-state index in [4.69, 9.17) is 9.97 Å². The van der Waals surface area contributed by atoms with Crippen LogP contribution >= 0.6 is 0 Å². The van der Waals surface area contributed by atoms with E-state index in [9.17, 15) is 4.79 Å². The van der Waals surface area contributed by atoms with Gasteiger partial charge in [0.2, 0.25) is 0 Å². The summed E-state index contributed by atoms with van der Waals surface area (Å²) in [4.78, 5) is 27.4. The molecule has 0 radical (unpaired) electrons. The Hall–Kier alpha value is -3.51. The van der Waals surface area contributed by atoms with E-state index in [0.717, 1.165) is 80.2 Å². The number of para-hydroxylation sites is 1. The third kappa shape index (κ3) is 4.46. The molecular formula is C28H31N5O. The molecule has 174 valence electrons. The molecule has 4 aromatic rings. The molecule has 0 spiro atoms. The number of aryl methyl sites for hydroxylation is 1. The molecule has 6 heteroatoms. The first-order valence-electron chi connectivity index (χ1n) is 12.1. The highest BCUT2D eigenvalue weighted by Gasteiger charge is 2.18. The summed E-state index contributed by atoms with van der Waals surface area (Å²) < 4.78 is 1.70. The Balaban J connectivity index is 1.14. The Morgan fingerprint density at radius 2 is 1.71 bits per heavy atom. The Labute approximate surface area is 200 Å². The van der Waals surface area contributed by atoms with Gasteiger partial charge in [0.15, 0.2) is 0 Å². The minimum Gasteiger partial charge on any atom is -0.354 e. The van der Waals surface area contributed by atoms with Crippen molar-refractivity contribution in [2.45, 2.75) is 19.3 Å². The van der Waals surface area contributed by atoms with Crippen molar-refractivity contribution in [3.8, 4) is 0 Å². The third-order valence-corrected chi connectivity index (χ3v) is 6.85. The lowest BCUT2D eigenvalue weighted by molar-refractivity contribution is 0.252. The van der Waals surface area contributed by atoms with Gasteiger partial charge < -0.3 is 4.90 Å². The van der Waals surface area contributed by atoms with Gasteiger partial charge in [0.05, 0.1) is 16.4 Å². The van der Waals surface area contributed by atoms with E-state index in [1.54, 1.807) is 10.6 Å². The van der Waals surface area contributed by atoms with Crippen LogP contribution < -0.4 is 10.5 Å². The summed E-state index contributed by atoms with van der Waals surface area (Å²) >= 11 is 0. The monoisotopic (exact) mass is 453 g/mol. The first-order chi connectivity index (χ1) is 16.6. The van der Waals surface area contributed by atoms with Gasteiger partial charge in [-0.15, -0.1) is 0 Å². The average Bonchev–Trinajstić information content (AvgIpc) is 2.89. The molecule has 2 aromatic carbocycles. The highest BCUT2D eigenvalue weighted by atomic mass is 16.1. The summed E-state index contributed by atoms with van der Waals surface area (Å²) in [5.74, 6) is 1.92. The van der Waals surface area contributed by atoms with E-state index in [1.165, 1.54) is 5.39 Å². The van der Waals surface area contributed by atoms with Crippen molar-refractivity contribution in [2.75, 3.05) is 37.6 Å². The van der Waals surface area contributed by atoms with Crippen LogP contribution in [-0.4, -0.2) is 52.2 Å². The van der Waals surface area contributed by atoms with Crippen molar-refractivity contribution in [3.63, 3.8) is 0 Å². The summed E-state index contributed by atoms with van der Waals surface area (Å²) in [6.07, 6.45) is 4.63. The topological polar surface area (TPSA) is 54.3 Å². The molecular weight excluding hydrogens is 422 g/mol. The molecule has 0 N–H and O–H groups in total. The van der Waals surface area contributed by atoms with Crippen molar-refractivity contribution >= 4 is 33.7 Å². The van der Waals surface area contributed by atoms with Crippen LogP contribution in [0, 0.1) is 0 Å². The number of hydrogen-bond donors (Lipinski definition) is 0. The van der Waals surface area contributed by atoms with Crippen molar-refractivity contribution in [2.24, 2.45) is 7.05 Å². The van der Waals surface area contributed by atoms with Crippen LogP contribution in [0.5, 0.6) is 0 Å². The highest BCUT2D eigenvalue weighted by Crippen LogP contribution is 2.20. The fourth-order valence-electron chi connectivity index (χ4n) is 4.83. The van der Waals surface area contributed by atoms with Gasteiger partial charge in [-0.2, -0.15) is 0 Å². The number of fused-ring (bicyclic) bond motifs is 2. The summed E-state index contributed by atoms with van der Waals surface area (Å²) in [5.41, 5.74) is 2.66. The van der Waals surface area contributed by atoms with Crippen molar-refractivity contribution < 1.29 is 0 Å². The first-order valence-corrected chi connectivity index (χ1v) is 12.1. The molecule has 5 rings (SSSR count). The molecule has 0 bridgehead atoms. The maximum atomic E-state index is 12.9. The molecule has 1 aliphatic heterocycles. The van der Waals surface area contributed by atoms with Crippen LogP contribution in [0.25, 0.3) is 27.9 Å². The normalized spacial score (nSPS) is 14.7. The molecule has 0 saturated carbocycles. The molecule has 0 atom stereocenters. The minimum absolute atomic E-state index is 0.00826. The van der Waals surface area contributed by atoms with Gasteiger partial charge in [-0.25, -0.2) is 9.97 Å². The lowest BCUT2D eigenvalue weighted by Crippen LogP contribution is -2.46. The summed E-state index contributed by atoms with van der Waals surface area (Å²) in [5, 5.41) is 1.84. The van der Waals surface area contributed by atoms with Crippen LogP contribution in [0.15, 0.2) is 66.0 Å². The fraction of sp³-hybridized carbons (Fsp3) is 0.321. The van der Waals surface area contributed by atoms with Crippen LogP contribution in [-0.2, 0) is 13.5 Å². The van der Waals surface area contributed by atoms with Crippen molar-refractivity contribution in [1.29, 1.82) is 0 Å². The number of pyridine rings is 1. The molecule has 3 heterocycles. The molecule has 0 amide bonds. The van der Waals surface area contributed by atoms with Crippen LogP contribution in [0.2, 0.25) is 0 Å². The molecule has 0 unspecified atom stereocenters. The van der Waals surface area contributed by atoms with E-state index in [1.807, 2.05) is 31.3 Å². The van der Waals surface area contributed by atoms with E-state index in [0.29, 0.717) is 5.39 Å². The number of hydrogen-bond acceptors (Lipinski definition) is 5. The van der Waals surface area contributed by atoms with Gasteiger partial charge in [-0.05, 0) is 49.2 Å². The lowest BCUT2D eigenvalue weighted by Gasteiger charge is -2.35. The number of rotatable bonds is 7. The van der Waals surface area contributed by atoms with E-state index < -0.39 is 0 Å². The Kier molecular flexibility index (Phi) is 6.41. The SMILES string of the molecule is C=Cc1cccc2nc(CCCCN3CCN(c4ccc5ccccc5n4)CC3)n(C)c(=O)c12. The average molecular weight is 454 g/mol. The maximum absolute atomic E-state index is 12.9. The van der Waals surface area contributed by atoms with Gasteiger partial charge in [-0.1, -0.05) is 43.0 Å². The van der Waals surface area contributed by atoms with E-state index in [-0.39, 0.29) is 5.56 Å².